The standard InChI is InChI=1S/C56H50N8O2S/c1-5-6-33-53-57-48-36-34-44(59-67(65,66)52-32-20-29-46-47(52)30-19-31-50(46)62(3)4)38-51(48)63(53)49-37-35-45(40-21-11-7-12-22-40)54(39(49)2)55-58-60-61-64(55)56(41-23-13-8-14-24-41,42-25-15-9-16-26-42)43-27-17-10-18-28-43/h7-32,34-38,59H,5-6,33H2,1-4H3. The van der Waals surface area contributed by atoms with Crippen LogP contribution in [0.25, 0.3) is 50.0 Å². The number of aromatic nitrogens is 6. The summed E-state index contributed by atoms with van der Waals surface area (Å²) in [5.41, 5.74) is 9.52. The number of nitrogens with zero attached hydrogens (tertiary/aromatic N) is 7. The second-order valence-electron chi connectivity index (χ2n) is 17.0. The van der Waals surface area contributed by atoms with Crippen LogP contribution >= 0.6 is 0 Å². The second-order valence-corrected chi connectivity index (χ2v) is 18.7. The number of fused-ring (bicyclic) bond motifs is 2. The molecular formula is C56H50N8O2S. The van der Waals surface area contributed by atoms with Gasteiger partial charge in [-0.2, -0.15) is 0 Å². The SMILES string of the molecule is CCCCc1nc2ccc(NS(=O)(=O)c3cccc4c(N(C)C)cccc34)cc2n1-c1ccc(-c2ccccc2)c(-c2nnnn2C(c2ccccc2)(c2ccccc2)c2ccccc2)c1C. The van der Waals surface area contributed by atoms with Crippen LogP contribution in [-0.4, -0.2) is 52.3 Å². The number of benzene rings is 8. The van der Waals surface area contributed by atoms with Crippen molar-refractivity contribution in [3.05, 3.63) is 216 Å². The number of sulfonamides is 1. The van der Waals surface area contributed by atoms with Gasteiger partial charge in [-0.25, -0.2) is 18.1 Å². The zero-order valence-corrected chi connectivity index (χ0v) is 38.7. The maximum Gasteiger partial charge on any atom is 0.262 e. The van der Waals surface area contributed by atoms with Gasteiger partial charge in [0, 0.05) is 42.5 Å². The molecule has 67 heavy (non-hydrogen) atoms. The number of hydrogen-bond donors (Lipinski definition) is 1. The lowest BCUT2D eigenvalue weighted by Crippen LogP contribution is -2.39. The third-order valence-electron chi connectivity index (χ3n) is 12.7. The van der Waals surface area contributed by atoms with Gasteiger partial charge < -0.3 is 4.90 Å². The molecule has 0 saturated carbocycles. The van der Waals surface area contributed by atoms with Crippen molar-refractivity contribution < 1.29 is 8.42 Å². The van der Waals surface area contributed by atoms with E-state index in [0.29, 0.717) is 23.3 Å². The van der Waals surface area contributed by atoms with E-state index in [0.717, 1.165) is 85.4 Å². The highest BCUT2D eigenvalue weighted by molar-refractivity contribution is 7.93. The van der Waals surface area contributed by atoms with Crippen molar-refractivity contribution >= 4 is 43.2 Å². The molecule has 8 aromatic carbocycles. The van der Waals surface area contributed by atoms with E-state index < -0.39 is 15.6 Å². The summed E-state index contributed by atoms with van der Waals surface area (Å²) < 4.78 is 35.9. The van der Waals surface area contributed by atoms with Crippen LogP contribution in [0.5, 0.6) is 0 Å². The van der Waals surface area contributed by atoms with Crippen LogP contribution in [-0.2, 0) is 22.0 Å². The minimum Gasteiger partial charge on any atom is -0.377 e. The van der Waals surface area contributed by atoms with Gasteiger partial charge in [0.15, 0.2) is 5.82 Å². The highest BCUT2D eigenvalue weighted by Crippen LogP contribution is 2.45. The first-order valence-corrected chi connectivity index (χ1v) is 24.1. The molecule has 10 aromatic rings. The summed E-state index contributed by atoms with van der Waals surface area (Å²) in [7, 11) is -0.118. The topological polar surface area (TPSA) is 111 Å². The van der Waals surface area contributed by atoms with Crippen LogP contribution in [0.1, 0.15) is 47.8 Å². The molecule has 2 heterocycles. The predicted octanol–water partition coefficient (Wildman–Crippen LogP) is 11.9. The van der Waals surface area contributed by atoms with Gasteiger partial charge in [-0.05, 0) is 93.6 Å². The fraction of sp³-hybridized carbons (Fsp3) is 0.143. The summed E-state index contributed by atoms with van der Waals surface area (Å²) in [6, 6.07) is 62.6. The molecule has 0 fully saturated rings. The quantitative estimate of drug-likeness (QED) is 0.108. The second kappa shape index (κ2) is 17.8. The maximum absolute atomic E-state index is 14.4. The molecule has 0 aliphatic rings. The van der Waals surface area contributed by atoms with Gasteiger partial charge in [-0.3, -0.25) is 9.29 Å². The van der Waals surface area contributed by atoms with Crippen molar-refractivity contribution in [3.8, 4) is 28.2 Å². The Morgan fingerprint density at radius 2 is 1.28 bits per heavy atom. The first-order valence-electron chi connectivity index (χ1n) is 22.6. The summed E-state index contributed by atoms with van der Waals surface area (Å²) in [6.07, 6.45) is 2.60. The number of hydrogen-bond acceptors (Lipinski definition) is 7. The molecule has 0 bridgehead atoms. The van der Waals surface area contributed by atoms with Crippen molar-refractivity contribution in [2.24, 2.45) is 0 Å². The van der Waals surface area contributed by atoms with E-state index in [1.54, 1.807) is 18.2 Å². The fourth-order valence-corrected chi connectivity index (χ4v) is 10.9. The largest absolute Gasteiger partial charge is 0.377 e. The average Bonchev–Trinajstić information content (AvgIpc) is 3.99. The summed E-state index contributed by atoms with van der Waals surface area (Å²) in [5.74, 6) is 1.45. The van der Waals surface area contributed by atoms with Crippen LogP contribution in [0.4, 0.5) is 11.4 Å². The van der Waals surface area contributed by atoms with Gasteiger partial charge >= 0.3 is 0 Å². The summed E-state index contributed by atoms with van der Waals surface area (Å²) in [6.45, 7) is 4.29. The van der Waals surface area contributed by atoms with Crippen LogP contribution in [0.2, 0.25) is 0 Å². The maximum atomic E-state index is 14.4. The Kier molecular flexibility index (Phi) is 11.4. The lowest BCUT2D eigenvalue weighted by Gasteiger charge is -2.36. The fourth-order valence-electron chi connectivity index (χ4n) is 9.62. The number of tetrazole rings is 1. The summed E-state index contributed by atoms with van der Waals surface area (Å²) >= 11 is 0. The highest BCUT2D eigenvalue weighted by atomic mass is 32.2. The van der Waals surface area contributed by atoms with Crippen molar-refractivity contribution in [2.75, 3.05) is 23.7 Å². The van der Waals surface area contributed by atoms with Gasteiger partial charge in [0.25, 0.3) is 10.0 Å². The number of imidazole rings is 1. The molecule has 0 atom stereocenters. The smallest absolute Gasteiger partial charge is 0.262 e. The average molecular weight is 899 g/mol. The minimum atomic E-state index is -4.03. The Bertz CT molecular complexity index is 3390. The number of rotatable bonds is 14. The zero-order chi connectivity index (χ0) is 46.1. The molecule has 0 spiro atoms. The van der Waals surface area contributed by atoms with Crippen molar-refractivity contribution in [1.29, 1.82) is 0 Å². The molecule has 1 N–H and O–H groups in total. The van der Waals surface area contributed by atoms with Crippen LogP contribution < -0.4 is 9.62 Å². The van der Waals surface area contributed by atoms with Gasteiger partial charge in [0.05, 0.1) is 27.3 Å². The molecule has 0 unspecified atom stereocenters. The van der Waals surface area contributed by atoms with E-state index in [4.69, 9.17) is 15.3 Å². The van der Waals surface area contributed by atoms with Gasteiger partial charge in [-0.1, -0.05) is 165 Å². The molecule has 0 aliphatic heterocycles. The minimum absolute atomic E-state index is 0.207. The molecule has 0 radical (unpaired) electrons. The first kappa shape index (κ1) is 43.0. The van der Waals surface area contributed by atoms with E-state index in [-0.39, 0.29) is 4.90 Å². The number of unbranched alkanes of at least 4 members (excludes halogenated alkanes) is 1. The number of nitrogens with one attached hydrogen (secondary N) is 1. The Labute approximate surface area is 391 Å². The van der Waals surface area contributed by atoms with E-state index in [1.165, 1.54) is 0 Å². The summed E-state index contributed by atoms with van der Waals surface area (Å²) in [4.78, 5) is 7.41. The third kappa shape index (κ3) is 7.60. The Hall–Kier alpha value is -7.89. The van der Waals surface area contributed by atoms with Crippen molar-refractivity contribution in [1.82, 2.24) is 29.8 Å². The molecule has 11 heteroatoms. The van der Waals surface area contributed by atoms with E-state index in [1.807, 2.05) is 96.5 Å². The lowest BCUT2D eigenvalue weighted by atomic mass is 9.76. The van der Waals surface area contributed by atoms with Crippen LogP contribution in [0.15, 0.2) is 193 Å². The zero-order valence-electron chi connectivity index (χ0n) is 37.9. The Morgan fingerprint density at radius 1 is 0.672 bits per heavy atom. The van der Waals surface area contributed by atoms with Crippen LogP contribution in [0.3, 0.4) is 0 Å². The number of anilines is 2. The molecular weight excluding hydrogens is 849 g/mol. The molecule has 10 nitrogen and oxygen atoms in total. The highest BCUT2D eigenvalue weighted by Gasteiger charge is 2.42. The monoisotopic (exact) mass is 898 g/mol. The van der Waals surface area contributed by atoms with Crippen LogP contribution in [0, 0.1) is 6.92 Å². The molecule has 10 rings (SSSR count). The molecule has 332 valence electrons. The van der Waals surface area contributed by atoms with Gasteiger partial charge in [0.1, 0.15) is 11.4 Å². The lowest BCUT2D eigenvalue weighted by molar-refractivity contribution is 0.451. The van der Waals surface area contributed by atoms with Gasteiger partial charge in [0.2, 0.25) is 0 Å². The van der Waals surface area contributed by atoms with Gasteiger partial charge in [-0.15, -0.1) is 5.10 Å². The molecule has 0 aliphatic carbocycles. The summed E-state index contributed by atoms with van der Waals surface area (Å²) in [5, 5.41) is 15.9. The molecule has 0 saturated heterocycles. The Balaban J connectivity index is 1.20. The van der Waals surface area contributed by atoms with E-state index >= 15 is 0 Å². The molecule has 2 aromatic heterocycles. The third-order valence-corrected chi connectivity index (χ3v) is 14.1. The van der Waals surface area contributed by atoms with Crippen molar-refractivity contribution in [3.63, 3.8) is 0 Å². The van der Waals surface area contributed by atoms with Crippen molar-refractivity contribution in [2.45, 2.75) is 43.5 Å². The number of aryl methyl sites for hydroxylation is 1. The van der Waals surface area contributed by atoms with E-state index in [9.17, 15) is 8.42 Å². The Morgan fingerprint density at radius 3 is 1.91 bits per heavy atom. The van der Waals surface area contributed by atoms with E-state index in [2.05, 4.69) is 125 Å². The normalized spacial score (nSPS) is 11.9. The first-order chi connectivity index (χ1) is 32.7. The molecule has 0 amide bonds. The predicted molar refractivity (Wildman–Crippen MR) is 270 cm³/mol.